The van der Waals surface area contributed by atoms with Gasteiger partial charge in [-0.15, -0.1) is 45.3 Å². The Morgan fingerprint density at radius 1 is 0.439 bits per heavy atom. The molecule has 66 heavy (non-hydrogen) atoms. The summed E-state index contributed by atoms with van der Waals surface area (Å²) in [7, 11) is 0. The minimum absolute atomic E-state index is 0.00267. The summed E-state index contributed by atoms with van der Waals surface area (Å²) in [6.45, 7) is 16.4. The van der Waals surface area contributed by atoms with E-state index in [4.69, 9.17) is 0 Å². The lowest BCUT2D eigenvalue weighted by molar-refractivity contribution is 0.591. The lowest BCUT2D eigenvalue weighted by atomic mass is 9.39. The molecule has 7 heteroatoms. The van der Waals surface area contributed by atoms with Crippen LogP contribution in [-0.4, -0.2) is 6.71 Å². The van der Waals surface area contributed by atoms with Crippen molar-refractivity contribution in [2.24, 2.45) is 0 Å². The Hall–Kier alpha value is -5.96. The van der Waals surface area contributed by atoms with E-state index in [1.807, 2.05) is 45.3 Å². The fraction of sp³-hybridized carbons (Fsp3) is 0.153. The van der Waals surface area contributed by atoms with E-state index in [0.717, 1.165) is 0 Å². The monoisotopic (exact) mass is 922 g/mol. The number of thiophene rings is 4. The molecule has 2 aliphatic heterocycles. The number of rotatable bonds is 4. The van der Waals surface area contributed by atoms with Gasteiger partial charge in [-0.3, -0.25) is 0 Å². The second kappa shape index (κ2) is 14.5. The van der Waals surface area contributed by atoms with E-state index in [0.29, 0.717) is 0 Å². The van der Waals surface area contributed by atoms with Gasteiger partial charge in [-0.25, -0.2) is 0 Å². The first-order chi connectivity index (χ1) is 31.9. The van der Waals surface area contributed by atoms with Crippen molar-refractivity contribution in [3.63, 3.8) is 0 Å². The molecule has 0 saturated carbocycles. The maximum atomic E-state index is 2.64. The van der Waals surface area contributed by atoms with Crippen molar-refractivity contribution in [1.29, 1.82) is 0 Å². The average Bonchev–Trinajstić information content (AvgIpc) is 4.11. The summed E-state index contributed by atoms with van der Waals surface area (Å²) < 4.78 is 8.14. The Morgan fingerprint density at radius 2 is 0.894 bits per heavy atom. The smallest absolute Gasteiger partial charge is 0.277 e. The van der Waals surface area contributed by atoms with Crippen molar-refractivity contribution in [1.82, 2.24) is 0 Å². The Balaban J connectivity index is 1.12. The normalized spacial score (nSPS) is 13.6. The predicted molar refractivity (Wildman–Crippen MR) is 295 cm³/mol. The van der Waals surface area contributed by atoms with Gasteiger partial charge in [0.2, 0.25) is 0 Å². The van der Waals surface area contributed by atoms with Crippen molar-refractivity contribution >= 4 is 142 Å². The number of hydrogen-bond donors (Lipinski definition) is 0. The second-order valence-electron chi connectivity index (χ2n) is 20.3. The van der Waals surface area contributed by atoms with Gasteiger partial charge in [-0.05, 0) is 135 Å². The molecule has 0 saturated heterocycles. The summed E-state index contributed by atoms with van der Waals surface area (Å²) in [6.07, 6.45) is 0. The average molecular weight is 923 g/mol. The Morgan fingerprint density at radius 3 is 1.35 bits per heavy atom. The third-order valence-electron chi connectivity index (χ3n) is 13.9. The van der Waals surface area contributed by atoms with Crippen LogP contribution in [0.25, 0.3) is 62.6 Å². The van der Waals surface area contributed by atoms with Crippen molar-refractivity contribution in [3.05, 3.63) is 173 Å². The lowest BCUT2D eigenvalue weighted by Gasteiger charge is -2.42. The molecule has 0 atom stereocenters. The summed E-state index contributed by atoms with van der Waals surface area (Å²) in [4.78, 5) is 5.28. The van der Waals surface area contributed by atoms with Gasteiger partial charge in [0.05, 0.1) is 11.4 Å². The maximum Gasteiger partial charge on any atom is 0.277 e. The predicted octanol–water partition coefficient (Wildman–Crippen LogP) is 16.9. The van der Waals surface area contributed by atoms with Crippen molar-refractivity contribution in [2.75, 3.05) is 9.80 Å². The zero-order chi connectivity index (χ0) is 44.8. The molecule has 2 aliphatic rings. The number of anilines is 6. The van der Waals surface area contributed by atoms with Crippen LogP contribution < -0.4 is 24.8 Å². The third-order valence-corrected chi connectivity index (χ3v) is 18.3. The second-order valence-corrected chi connectivity index (χ2v) is 24.3. The summed E-state index contributed by atoms with van der Waals surface area (Å²) >= 11 is 7.65. The van der Waals surface area contributed by atoms with Crippen LogP contribution in [0.1, 0.15) is 58.2 Å². The fourth-order valence-corrected chi connectivity index (χ4v) is 15.2. The molecule has 13 rings (SSSR count). The van der Waals surface area contributed by atoms with E-state index in [1.54, 1.807) is 0 Å². The molecular formula is C59H47BN2S4. The summed E-state index contributed by atoms with van der Waals surface area (Å²) in [5.41, 5.74) is 17.9. The number of hydrogen-bond acceptors (Lipinski definition) is 6. The van der Waals surface area contributed by atoms with Gasteiger partial charge < -0.3 is 9.80 Å². The van der Waals surface area contributed by atoms with Gasteiger partial charge in [-0.2, -0.15) is 0 Å². The minimum Gasteiger partial charge on any atom is -0.310 e. The van der Waals surface area contributed by atoms with Crippen LogP contribution in [0.2, 0.25) is 0 Å². The molecular weight excluding hydrogens is 876 g/mol. The van der Waals surface area contributed by atoms with Gasteiger partial charge in [0.1, 0.15) is 0 Å². The van der Waals surface area contributed by atoms with E-state index >= 15 is 0 Å². The van der Waals surface area contributed by atoms with Crippen LogP contribution >= 0.6 is 45.3 Å². The first-order valence-corrected chi connectivity index (χ1v) is 26.3. The van der Waals surface area contributed by atoms with Crippen LogP contribution in [-0.2, 0) is 10.8 Å². The topological polar surface area (TPSA) is 6.48 Å². The number of fused-ring (bicyclic) bond motifs is 10. The minimum atomic E-state index is 0.00267. The van der Waals surface area contributed by atoms with Gasteiger partial charge in [0.25, 0.3) is 6.71 Å². The van der Waals surface area contributed by atoms with Crippen molar-refractivity contribution < 1.29 is 0 Å². The molecule has 11 aromatic rings. The molecule has 6 heterocycles. The Kier molecular flexibility index (Phi) is 8.87. The summed E-state index contributed by atoms with van der Waals surface area (Å²) in [5.74, 6) is 0. The van der Waals surface area contributed by atoms with Gasteiger partial charge in [0, 0.05) is 83.8 Å². The zero-order valence-corrected chi connectivity index (χ0v) is 41.4. The SMILES string of the molecule is Cc1cc2c3c(c1)N(c1cccc(-c4csc5ccccc45)c1)c1c(sc4ccc(C(C)(C)C)cc14)B3c1sc3ccc(C(C)(C)C)cc3c1N2c1cccc(-c2csc3ccccc23)c1. The number of aryl methyl sites for hydroxylation is 1. The highest BCUT2D eigenvalue weighted by Crippen LogP contribution is 2.52. The van der Waals surface area contributed by atoms with Crippen LogP contribution in [0, 0.1) is 6.92 Å². The maximum absolute atomic E-state index is 2.64. The molecule has 4 aromatic heterocycles. The van der Waals surface area contributed by atoms with Gasteiger partial charge in [0.15, 0.2) is 0 Å². The molecule has 7 aromatic carbocycles. The van der Waals surface area contributed by atoms with Gasteiger partial charge >= 0.3 is 0 Å². The van der Waals surface area contributed by atoms with Crippen molar-refractivity contribution in [3.8, 4) is 22.3 Å². The number of nitrogens with zero attached hydrogens (tertiary/aromatic N) is 2. The van der Waals surface area contributed by atoms with Crippen molar-refractivity contribution in [2.45, 2.75) is 59.3 Å². The van der Waals surface area contributed by atoms with Crippen LogP contribution in [0.4, 0.5) is 34.1 Å². The van der Waals surface area contributed by atoms with Crippen LogP contribution in [0.3, 0.4) is 0 Å². The first-order valence-electron chi connectivity index (χ1n) is 22.9. The first kappa shape index (κ1) is 40.3. The van der Waals surface area contributed by atoms with E-state index in [9.17, 15) is 0 Å². The molecule has 0 bridgehead atoms. The Bertz CT molecular complexity index is 3550. The molecule has 0 spiro atoms. The zero-order valence-electron chi connectivity index (χ0n) is 38.1. The standard InChI is InChI=1S/C59H47BN2S4/c1-34-26-47-53-48(27-34)62(40-17-13-15-36(29-40)46-33-64-50-21-11-9-19-42(46)50)55-44-31-38(59(5,6)7)23-25-52(44)66-57(55)60(53)56-54(43-30-37(58(2,3)4)22-24-51(43)65-56)61(47)39-16-12-14-35(28-39)45-32-63-49-20-10-8-18-41(45)49/h8-33H,1-7H3. The van der Waals surface area contributed by atoms with E-state index < -0.39 is 0 Å². The molecule has 0 aliphatic carbocycles. The highest BCUT2D eigenvalue weighted by atomic mass is 32.1. The number of benzene rings is 7. The molecule has 0 unspecified atom stereocenters. The highest BCUT2D eigenvalue weighted by molar-refractivity contribution is 7.40. The molecule has 2 nitrogen and oxygen atoms in total. The largest absolute Gasteiger partial charge is 0.310 e. The van der Waals surface area contributed by atoms with Crippen LogP contribution in [0.15, 0.2) is 156 Å². The summed E-state index contributed by atoms with van der Waals surface area (Å²) in [5, 5.41) is 9.96. The van der Waals surface area contributed by atoms with E-state index in [-0.39, 0.29) is 17.5 Å². The quantitative estimate of drug-likeness (QED) is 0.162. The molecule has 0 radical (unpaired) electrons. The summed E-state index contributed by atoms with van der Waals surface area (Å²) in [6, 6.07) is 55.8. The van der Waals surface area contributed by atoms with E-state index in [2.05, 4.69) is 215 Å². The van der Waals surface area contributed by atoms with E-state index in [1.165, 1.54) is 128 Å². The Labute approximate surface area is 403 Å². The molecule has 0 amide bonds. The highest BCUT2D eigenvalue weighted by Gasteiger charge is 2.47. The molecule has 320 valence electrons. The van der Waals surface area contributed by atoms with Gasteiger partial charge in [-0.1, -0.05) is 114 Å². The lowest BCUT2D eigenvalue weighted by Crippen LogP contribution is -2.59. The van der Waals surface area contributed by atoms with Crippen LogP contribution in [0.5, 0.6) is 0 Å². The fourth-order valence-electron chi connectivity index (χ4n) is 10.6. The third kappa shape index (κ3) is 6.09. The molecule has 0 fully saturated rings. The molecule has 0 N–H and O–H groups in total.